The van der Waals surface area contributed by atoms with Crippen molar-refractivity contribution in [3.63, 3.8) is 0 Å². The van der Waals surface area contributed by atoms with E-state index in [4.69, 9.17) is 21.1 Å². The lowest BCUT2D eigenvalue weighted by Gasteiger charge is -2.16. The molecule has 94 valence electrons. The third kappa shape index (κ3) is 2.46. The highest BCUT2D eigenvalue weighted by Crippen LogP contribution is 2.45. The van der Waals surface area contributed by atoms with Crippen LogP contribution in [0.1, 0.15) is 15.9 Å². The molecule has 17 heavy (non-hydrogen) atoms. The molecule has 0 aliphatic carbocycles. The van der Waals surface area contributed by atoms with Crippen molar-refractivity contribution in [3.05, 3.63) is 22.2 Å². The number of aldehydes is 1. The molecular formula is C10H8ClF3O3. The molecule has 1 aromatic rings. The molecule has 0 saturated carbocycles. The van der Waals surface area contributed by atoms with Crippen LogP contribution >= 0.6 is 11.6 Å². The van der Waals surface area contributed by atoms with Crippen molar-refractivity contribution >= 4 is 17.9 Å². The van der Waals surface area contributed by atoms with Crippen LogP contribution in [-0.2, 0) is 6.18 Å². The summed E-state index contributed by atoms with van der Waals surface area (Å²) in [4.78, 5) is 10.6. The Hall–Kier alpha value is -1.43. The molecule has 7 heteroatoms. The summed E-state index contributed by atoms with van der Waals surface area (Å²) in [7, 11) is 2.39. The molecule has 0 aliphatic heterocycles. The number of carbonyl (C=O) groups excluding carboxylic acids is 1. The first-order chi connectivity index (χ1) is 7.86. The fourth-order valence-corrected chi connectivity index (χ4v) is 1.74. The van der Waals surface area contributed by atoms with Gasteiger partial charge in [0, 0.05) is 5.56 Å². The molecule has 1 rings (SSSR count). The van der Waals surface area contributed by atoms with Crippen LogP contribution in [0.3, 0.4) is 0 Å². The van der Waals surface area contributed by atoms with Gasteiger partial charge in [-0.15, -0.1) is 0 Å². The number of alkyl halides is 3. The van der Waals surface area contributed by atoms with E-state index in [0.717, 1.165) is 13.2 Å². The maximum Gasteiger partial charge on any atom is 0.418 e. The van der Waals surface area contributed by atoms with E-state index < -0.39 is 22.3 Å². The van der Waals surface area contributed by atoms with Crippen molar-refractivity contribution in [1.82, 2.24) is 0 Å². The van der Waals surface area contributed by atoms with Crippen LogP contribution in [0.5, 0.6) is 11.5 Å². The number of hydrogen-bond donors (Lipinski definition) is 0. The molecular weight excluding hydrogens is 261 g/mol. The normalized spacial score (nSPS) is 11.2. The number of carbonyl (C=O) groups is 1. The van der Waals surface area contributed by atoms with E-state index in [9.17, 15) is 18.0 Å². The zero-order chi connectivity index (χ0) is 13.2. The van der Waals surface area contributed by atoms with Crippen molar-refractivity contribution < 1.29 is 27.4 Å². The maximum atomic E-state index is 12.7. The van der Waals surface area contributed by atoms with Gasteiger partial charge < -0.3 is 9.47 Å². The fraction of sp³-hybridized carbons (Fsp3) is 0.300. The molecule has 0 fully saturated rings. The lowest BCUT2D eigenvalue weighted by molar-refractivity contribution is -0.137. The first-order valence-corrected chi connectivity index (χ1v) is 4.71. The Labute approximate surface area is 100 Å². The number of hydrogen-bond acceptors (Lipinski definition) is 3. The first kappa shape index (κ1) is 13.6. The highest BCUT2D eigenvalue weighted by Gasteiger charge is 2.38. The fourth-order valence-electron chi connectivity index (χ4n) is 1.35. The molecule has 0 saturated heterocycles. The third-order valence-corrected chi connectivity index (χ3v) is 2.41. The largest absolute Gasteiger partial charge is 0.493 e. The minimum atomic E-state index is -4.74. The van der Waals surface area contributed by atoms with Crippen LogP contribution in [0, 0.1) is 0 Å². The highest BCUT2D eigenvalue weighted by molar-refractivity contribution is 6.33. The monoisotopic (exact) mass is 268 g/mol. The zero-order valence-electron chi connectivity index (χ0n) is 8.89. The van der Waals surface area contributed by atoms with Gasteiger partial charge in [-0.2, -0.15) is 13.2 Å². The van der Waals surface area contributed by atoms with Crippen molar-refractivity contribution in [2.45, 2.75) is 6.18 Å². The van der Waals surface area contributed by atoms with Crippen molar-refractivity contribution in [2.24, 2.45) is 0 Å². The lowest BCUT2D eigenvalue weighted by Crippen LogP contribution is -2.11. The minimum absolute atomic E-state index is 0.0346. The van der Waals surface area contributed by atoms with Crippen LogP contribution in [-0.4, -0.2) is 20.5 Å². The Balaban J connectivity index is 3.64. The summed E-state index contributed by atoms with van der Waals surface area (Å²) in [6, 6.07) is 0.931. The molecule has 0 radical (unpaired) electrons. The number of methoxy groups -OCH3 is 2. The number of benzene rings is 1. The van der Waals surface area contributed by atoms with E-state index in [1.807, 2.05) is 0 Å². The van der Waals surface area contributed by atoms with Gasteiger partial charge in [0.1, 0.15) is 0 Å². The van der Waals surface area contributed by atoms with E-state index in [2.05, 4.69) is 0 Å². The summed E-state index contributed by atoms with van der Waals surface area (Å²) < 4.78 is 47.6. The van der Waals surface area contributed by atoms with Crippen molar-refractivity contribution in [3.8, 4) is 11.5 Å². The van der Waals surface area contributed by atoms with Gasteiger partial charge >= 0.3 is 6.18 Å². The Morgan fingerprint density at radius 2 is 1.88 bits per heavy atom. The second-order valence-corrected chi connectivity index (χ2v) is 3.38. The Bertz CT molecular complexity index is 443. The Morgan fingerprint density at radius 1 is 1.29 bits per heavy atom. The minimum Gasteiger partial charge on any atom is -0.493 e. The molecule has 0 heterocycles. The quantitative estimate of drug-likeness (QED) is 0.790. The van der Waals surface area contributed by atoms with Gasteiger partial charge in [-0.3, -0.25) is 4.79 Å². The van der Waals surface area contributed by atoms with E-state index in [1.54, 1.807) is 0 Å². The van der Waals surface area contributed by atoms with Crippen LogP contribution < -0.4 is 9.47 Å². The van der Waals surface area contributed by atoms with Gasteiger partial charge in [-0.05, 0) is 6.07 Å². The first-order valence-electron chi connectivity index (χ1n) is 4.33. The maximum absolute atomic E-state index is 12.7. The van der Waals surface area contributed by atoms with Crippen LogP contribution in [0.4, 0.5) is 13.2 Å². The molecule has 0 amide bonds. The Morgan fingerprint density at radius 3 is 2.24 bits per heavy atom. The van der Waals surface area contributed by atoms with E-state index in [-0.39, 0.29) is 17.8 Å². The molecule has 0 N–H and O–H groups in total. The van der Waals surface area contributed by atoms with Crippen molar-refractivity contribution in [1.29, 1.82) is 0 Å². The highest BCUT2D eigenvalue weighted by atomic mass is 35.5. The van der Waals surface area contributed by atoms with Gasteiger partial charge in [0.25, 0.3) is 0 Å². The summed E-state index contributed by atoms with van der Waals surface area (Å²) in [5.41, 5.74) is -1.83. The standard InChI is InChI=1S/C10H8ClF3O3/c1-16-6-3-5(4-15)7(10(12,13)14)8(11)9(6)17-2/h3-4H,1-2H3. The van der Waals surface area contributed by atoms with Crippen LogP contribution in [0.25, 0.3) is 0 Å². The van der Waals surface area contributed by atoms with Gasteiger partial charge in [0.2, 0.25) is 0 Å². The summed E-state index contributed by atoms with van der Waals surface area (Å²) in [5.74, 6) is -0.292. The molecule has 1 aromatic carbocycles. The van der Waals surface area contributed by atoms with Crippen molar-refractivity contribution in [2.75, 3.05) is 14.2 Å². The van der Waals surface area contributed by atoms with Gasteiger partial charge in [-0.25, -0.2) is 0 Å². The molecule has 0 aromatic heterocycles. The molecule has 0 aliphatic rings. The summed E-state index contributed by atoms with van der Waals surface area (Å²) in [5, 5.41) is -0.693. The van der Waals surface area contributed by atoms with E-state index >= 15 is 0 Å². The zero-order valence-corrected chi connectivity index (χ0v) is 9.65. The van der Waals surface area contributed by atoms with Gasteiger partial charge in [0.15, 0.2) is 17.8 Å². The second-order valence-electron chi connectivity index (χ2n) is 3.01. The van der Waals surface area contributed by atoms with Gasteiger partial charge in [0.05, 0.1) is 24.8 Å². The second kappa shape index (κ2) is 4.83. The Kier molecular flexibility index (Phi) is 3.87. The topological polar surface area (TPSA) is 35.5 Å². The molecule has 0 bridgehead atoms. The summed E-state index contributed by atoms with van der Waals surface area (Å²) in [6.07, 6.45) is -4.68. The molecule has 3 nitrogen and oxygen atoms in total. The molecule has 0 unspecified atom stereocenters. The molecule has 0 atom stereocenters. The van der Waals surface area contributed by atoms with Crippen LogP contribution in [0.2, 0.25) is 5.02 Å². The van der Waals surface area contributed by atoms with Gasteiger partial charge in [-0.1, -0.05) is 11.6 Å². The number of ether oxygens (including phenoxy) is 2. The summed E-state index contributed by atoms with van der Waals surface area (Å²) >= 11 is 5.58. The average molecular weight is 269 g/mol. The van der Waals surface area contributed by atoms with Crippen LogP contribution in [0.15, 0.2) is 6.07 Å². The lowest BCUT2D eigenvalue weighted by atomic mass is 10.1. The smallest absolute Gasteiger partial charge is 0.418 e. The predicted molar refractivity (Wildman–Crippen MR) is 54.9 cm³/mol. The number of rotatable bonds is 3. The number of halogens is 4. The summed E-state index contributed by atoms with van der Waals surface area (Å²) in [6.45, 7) is 0. The predicted octanol–water partition coefficient (Wildman–Crippen LogP) is 3.19. The van der Waals surface area contributed by atoms with E-state index in [0.29, 0.717) is 0 Å². The van der Waals surface area contributed by atoms with E-state index in [1.165, 1.54) is 7.11 Å². The SMILES string of the molecule is COc1cc(C=O)c(C(F)(F)F)c(Cl)c1OC. The third-order valence-electron chi connectivity index (χ3n) is 2.05. The average Bonchev–Trinajstić information content (AvgIpc) is 2.25. The molecule has 0 spiro atoms.